The Morgan fingerprint density at radius 2 is 2.16 bits per heavy atom. The van der Waals surface area contributed by atoms with Crippen molar-refractivity contribution in [3.05, 3.63) is 29.8 Å². The first-order chi connectivity index (χ1) is 11.7. The number of alkyl halides is 3. The third kappa shape index (κ3) is 6.26. The van der Waals surface area contributed by atoms with Crippen LogP contribution in [0.5, 0.6) is 5.75 Å². The molecule has 2 N–H and O–H groups in total. The van der Waals surface area contributed by atoms with Crippen molar-refractivity contribution in [2.24, 2.45) is 0 Å². The number of ether oxygens (including phenoxy) is 2. The molecule has 2 rings (SSSR count). The summed E-state index contributed by atoms with van der Waals surface area (Å²) in [7, 11) is 0. The van der Waals surface area contributed by atoms with Crippen LogP contribution in [0, 0.1) is 0 Å². The zero-order valence-electron chi connectivity index (χ0n) is 13.2. The molecule has 0 aliphatic carbocycles. The lowest BCUT2D eigenvalue weighted by Crippen LogP contribution is -2.43. The first-order valence-electron chi connectivity index (χ1n) is 7.69. The van der Waals surface area contributed by atoms with E-state index in [1.54, 1.807) is 6.07 Å². The summed E-state index contributed by atoms with van der Waals surface area (Å²) in [6.07, 6.45) is -4.56. The van der Waals surface area contributed by atoms with Crippen molar-refractivity contribution in [2.45, 2.75) is 37.6 Å². The Balaban J connectivity index is 1.97. The molecule has 0 bridgehead atoms. The molecule has 1 aromatic carbocycles. The van der Waals surface area contributed by atoms with Crippen molar-refractivity contribution < 1.29 is 37.3 Å². The van der Waals surface area contributed by atoms with Gasteiger partial charge in [-0.1, -0.05) is 6.07 Å². The van der Waals surface area contributed by atoms with Crippen molar-refractivity contribution in [1.82, 2.24) is 5.32 Å². The molecular weight excluding hydrogens is 343 g/mol. The van der Waals surface area contributed by atoms with Crippen LogP contribution in [0.4, 0.5) is 13.2 Å². The fourth-order valence-electron chi connectivity index (χ4n) is 2.37. The summed E-state index contributed by atoms with van der Waals surface area (Å²) < 4.78 is 48.1. The van der Waals surface area contributed by atoms with E-state index >= 15 is 0 Å². The Bertz CT molecular complexity index is 614. The number of rotatable bonds is 7. The van der Waals surface area contributed by atoms with Crippen LogP contribution in [-0.4, -0.2) is 48.5 Å². The minimum Gasteiger partial charge on any atom is -0.491 e. The van der Waals surface area contributed by atoms with E-state index in [1.165, 1.54) is 18.2 Å². The highest BCUT2D eigenvalue weighted by Crippen LogP contribution is 2.22. The molecule has 138 valence electrons. The lowest BCUT2D eigenvalue weighted by Gasteiger charge is -2.17. The van der Waals surface area contributed by atoms with Gasteiger partial charge in [0.1, 0.15) is 18.4 Å². The van der Waals surface area contributed by atoms with Gasteiger partial charge in [-0.3, -0.25) is 4.79 Å². The summed E-state index contributed by atoms with van der Waals surface area (Å²) in [6.45, 7) is 0.975. The number of carboxylic acids is 1. The van der Waals surface area contributed by atoms with Crippen LogP contribution in [0.3, 0.4) is 0 Å². The smallest absolute Gasteiger partial charge is 0.391 e. The fraction of sp³-hybridized carbons (Fsp3) is 0.500. The van der Waals surface area contributed by atoms with Gasteiger partial charge < -0.3 is 19.9 Å². The van der Waals surface area contributed by atoms with Gasteiger partial charge in [0.15, 0.2) is 0 Å². The molecular formula is C16H18F3NO5. The number of halogens is 3. The van der Waals surface area contributed by atoms with Crippen molar-refractivity contribution in [1.29, 1.82) is 0 Å². The van der Waals surface area contributed by atoms with Crippen LogP contribution in [0.1, 0.15) is 29.6 Å². The van der Waals surface area contributed by atoms with Crippen LogP contribution in [0.2, 0.25) is 0 Å². The number of carbonyl (C=O) groups excluding carboxylic acids is 1. The van der Waals surface area contributed by atoms with Gasteiger partial charge in [0, 0.05) is 12.2 Å². The molecule has 25 heavy (non-hydrogen) atoms. The number of benzene rings is 1. The molecule has 9 heteroatoms. The first-order valence-corrected chi connectivity index (χ1v) is 7.69. The standard InChI is InChI=1S/C16H18F3NO5/c17-16(18,19)8-13(15(22)23)20-14(21)10-3-1-4-11(7-10)25-9-12-5-2-6-24-12/h1,3-4,7,12-13H,2,5-6,8-9H2,(H,20,21)(H,22,23). The second-order valence-electron chi connectivity index (χ2n) is 5.66. The number of hydrogen-bond donors (Lipinski definition) is 2. The molecule has 2 atom stereocenters. The van der Waals surface area contributed by atoms with Gasteiger partial charge in [-0.05, 0) is 31.0 Å². The van der Waals surface area contributed by atoms with Gasteiger partial charge in [0.2, 0.25) is 0 Å². The summed E-state index contributed by atoms with van der Waals surface area (Å²) in [4.78, 5) is 22.9. The summed E-state index contributed by atoms with van der Waals surface area (Å²) in [5.74, 6) is -2.32. The van der Waals surface area contributed by atoms with Gasteiger partial charge >= 0.3 is 12.1 Å². The molecule has 1 fully saturated rings. The monoisotopic (exact) mass is 361 g/mol. The van der Waals surface area contributed by atoms with Crippen LogP contribution in [0.15, 0.2) is 24.3 Å². The maximum atomic E-state index is 12.4. The predicted molar refractivity (Wildman–Crippen MR) is 80.5 cm³/mol. The second kappa shape index (κ2) is 8.19. The molecule has 1 amide bonds. The van der Waals surface area contributed by atoms with Crippen molar-refractivity contribution >= 4 is 11.9 Å². The Morgan fingerprint density at radius 3 is 2.76 bits per heavy atom. The number of aliphatic carboxylic acids is 1. The van der Waals surface area contributed by atoms with E-state index in [0.717, 1.165) is 12.8 Å². The summed E-state index contributed by atoms with van der Waals surface area (Å²) in [6, 6.07) is 3.75. The minimum absolute atomic E-state index is 0.0123. The van der Waals surface area contributed by atoms with Crippen molar-refractivity contribution in [3.63, 3.8) is 0 Å². The average Bonchev–Trinajstić information content (AvgIpc) is 3.04. The molecule has 6 nitrogen and oxygen atoms in total. The van der Waals surface area contributed by atoms with Crippen LogP contribution >= 0.6 is 0 Å². The first kappa shape index (κ1) is 19.0. The number of nitrogens with one attached hydrogen (secondary N) is 1. The van der Waals surface area contributed by atoms with E-state index in [-0.39, 0.29) is 11.7 Å². The summed E-state index contributed by atoms with van der Waals surface area (Å²) in [5, 5.41) is 10.7. The molecule has 0 aromatic heterocycles. The number of carbonyl (C=O) groups is 2. The van der Waals surface area contributed by atoms with E-state index in [4.69, 9.17) is 14.6 Å². The summed E-state index contributed by atoms with van der Waals surface area (Å²) >= 11 is 0. The summed E-state index contributed by atoms with van der Waals surface area (Å²) in [5.41, 5.74) is 0.0123. The molecule has 2 unspecified atom stereocenters. The topological polar surface area (TPSA) is 84.9 Å². The lowest BCUT2D eigenvalue weighted by molar-refractivity contribution is -0.157. The Hall–Kier alpha value is -2.29. The second-order valence-corrected chi connectivity index (χ2v) is 5.66. The van der Waals surface area contributed by atoms with Gasteiger partial charge in [-0.2, -0.15) is 13.2 Å². The average molecular weight is 361 g/mol. The predicted octanol–water partition coefficient (Wildman–Crippen LogP) is 2.38. The maximum absolute atomic E-state index is 12.4. The molecule has 1 aliphatic heterocycles. The SMILES string of the molecule is O=C(NC(CC(F)(F)F)C(=O)O)c1cccc(OCC2CCCO2)c1. The molecule has 1 aromatic rings. The van der Waals surface area contributed by atoms with E-state index in [9.17, 15) is 22.8 Å². The quantitative estimate of drug-likeness (QED) is 0.779. The molecule has 1 saturated heterocycles. The highest BCUT2D eigenvalue weighted by Gasteiger charge is 2.36. The van der Waals surface area contributed by atoms with Gasteiger partial charge in [-0.15, -0.1) is 0 Å². The third-order valence-corrected chi connectivity index (χ3v) is 3.60. The zero-order chi connectivity index (χ0) is 18.4. The van der Waals surface area contributed by atoms with E-state index in [2.05, 4.69) is 0 Å². The third-order valence-electron chi connectivity index (χ3n) is 3.60. The Labute approximate surface area is 141 Å². The van der Waals surface area contributed by atoms with Gasteiger partial charge in [0.25, 0.3) is 5.91 Å². The maximum Gasteiger partial charge on any atom is 0.391 e. The minimum atomic E-state index is -4.71. The number of carboxylic acid groups (broad SMARTS) is 1. The van der Waals surface area contributed by atoms with Crippen LogP contribution in [0.25, 0.3) is 0 Å². The highest BCUT2D eigenvalue weighted by molar-refractivity contribution is 5.96. The lowest BCUT2D eigenvalue weighted by atomic mass is 10.1. The molecule has 1 aliphatic rings. The Kier molecular flexibility index (Phi) is 6.24. The van der Waals surface area contributed by atoms with Crippen molar-refractivity contribution in [3.8, 4) is 5.75 Å². The zero-order valence-corrected chi connectivity index (χ0v) is 13.2. The Morgan fingerprint density at radius 1 is 1.40 bits per heavy atom. The number of hydrogen-bond acceptors (Lipinski definition) is 4. The van der Waals surface area contributed by atoms with E-state index in [0.29, 0.717) is 19.0 Å². The fourth-order valence-corrected chi connectivity index (χ4v) is 2.37. The highest BCUT2D eigenvalue weighted by atomic mass is 19.4. The molecule has 1 heterocycles. The normalized spacial score (nSPS) is 18.6. The van der Waals surface area contributed by atoms with Gasteiger partial charge in [0.05, 0.1) is 12.5 Å². The van der Waals surface area contributed by atoms with Gasteiger partial charge in [-0.25, -0.2) is 4.79 Å². The molecule has 0 radical (unpaired) electrons. The van der Waals surface area contributed by atoms with E-state index in [1.807, 2.05) is 5.32 Å². The largest absolute Gasteiger partial charge is 0.491 e. The number of amides is 1. The molecule has 0 spiro atoms. The van der Waals surface area contributed by atoms with Crippen LogP contribution in [-0.2, 0) is 9.53 Å². The van der Waals surface area contributed by atoms with Crippen molar-refractivity contribution in [2.75, 3.05) is 13.2 Å². The van der Waals surface area contributed by atoms with Crippen LogP contribution < -0.4 is 10.1 Å². The molecule has 0 saturated carbocycles. The van der Waals surface area contributed by atoms with E-state index < -0.39 is 30.5 Å².